The van der Waals surface area contributed by atoms with Gasteiger partial charge in [-0.1, -0.05) is 30.0 Å². The topological polar surface area (TPSA) is 49.4 Å². The van der Waals surface area contributed by atoms with Gasteiger partial charge in [-0.3, -0.25) is 9.59 Å². The van der Waals surface area contributed by atoms with Crippen LogP contribution in [0, 0.1) is 13.8 Å². The number of para-hydroxylation sites is 1. The number of nitrogens with one attached hydrogen (secondary N) is 1. The number of hydrogen-bond acceptors (Lipinski definition) is 3. The molecule has 2 rings (SSSR count). The van der Waals surface area contributed by atoms with E-state index in [1.165, 1.54) is 22.7 Å². The molecule has 0 radical (unpaired) electrons. The van der Waals surface area contributed by atoms with E-state index in [4.69, 9.17) is 0 Å². The molecule has 1 aromatic rings. The monoisotopic (exact) mass is 276 g/mol. The van der Waals surface area contributed by atoms with Gasteiger partial charge in [-0.15, -0.1) is 0 Å². The van der Waals surface area contributed by atoms with Crippen LogP contribution in [0.5, 0.6) is 0 Å². The van der Waals surface area contributed by atoms with E-state index in [0.717, 1.165) is 16.8 Å². The number of aryl methyl sites for hydroxylation is 2. The van der Waals surface area contributed by atoms with Gasteiger partial charge < -0.3 is 10.2 Å². The standard InChI is InChI=1S/C14H16N2O2S/c1-9-5-4-6-10(2)14(9)15-11(17)7-13-16(3)12(18)8-19-13/h4-7H,8H2,1-3H3,(H,15,17)/b13-7+. The van der Waals surface area contributed by atoms with Crippen LogP contribution >= 0.6 is 11.8 Å². The zero-order valence-corrected chi connectivity index (χ0v) is 12.0. The lowest BCUT2D eigenvalue weighted by Gasteiger charge is -2.12. The molecule has 19 heavy (non-hydrogen) atoms. The van der Waals surface area contributed by atoms with Gasteiger partial charge in [0.2, 0.25) is 5.91 Å². The summed E-state index contributed by atoms with van der Waals surface area (Å²) in [5, 5.41) is 3.56. The molecule has 1 saturated heterocycles. The summed E-state index contributed by atoms with van der Waals surface area (Å²) in [6.45, 7) is 3.91. The average Bonchev–Trinajstić information content (AvgIpc) is 2.66. The van der Waals surface area contributed by atoms with Crippen LogP contribution in [0.15, 0.2) is 29.3 Å². The van der Waals surface area contributed by atoms with Crippen molar-refractivity contribution in [1.29, 1.82) is 0 Å². The van der Waals surface area contributed by atoms with Crippen molar-refractivity contribution in [1.82, 2.24) is 4.90 Å². The van der Waals surface area contributed by atoms with Crippen molar-refractivity contribution in [3.63, 3.8) is 0 Å². The van der Waals surface area contributed by atoms with Gasteiger partial charge in [-0.05, 0) is 25.0 Å². The first-order valence-corrected chi connectivity index (χ1v) is 6.96. The van der Waals surface area contributed by atoms with Gasteiger partial charge in [0, 0.05) is 18.8 Å². The second kappa shape index (κ2) is 5.48. The fourth-order valence-corrected chi connectivity index (χ4v) is 2.82. The number of hydrogen-bond donors (Lipinski definition) is 1. The highest BCUT2D eigenvalue weighted by Gasteiger charge is 2.23. The zero-order valence-electron chi connectivity index (χ0n) is 11.2. The van der Waals surface area contributed by atoms with Crippen LogP contribution in [-0.4, -0.2) is 29.5 Å². The van der Waals surface area contributed by atoms with E-state index >= 15 is 0 Å². The maximum atomic E-state index is 12.0. The summed E-state index contributed by atoms with van der Waals surface area (Å²) in [6.07, 6.45) is 1.47. The molecule has 0 bridgehead atoms. The molecule has 1 N–H and O–H groups in total. The highest BCUT2D eigenvalue weighted by atomic mass is 32.2. The van der Waals surface area contributed by atoms with E-state index in [2.05, 4.69) is 5.32 Å². The molecule has 0 spiro atoms. The molecule has 0 atom stereocenters. The summed E-state index contributed by atoms with van der Waals surface area (Å²) in [6, 6.07) is 5.86. The molecular formula is C14H16N2O2S. The minimum atomic E-state index is -0.207. The predicted octanol–water partition coefficient (Wildman–Crippen LogP) is 2.29. The Labute approximate surface area is 116 Å². The highest BCUT2D eigenvalue weighted by Crippen LogP contribution is 2.27. The van der Waals surface area contributed by atoms with E-state index < -0.39 is 0 Å². The van der Waals surface area contributed by atoms with E-state index in [1.807, 2.05) is 32.0 Å². The Morgan fingerprint density at radius 3 is 2.53 bits per heavy atom. The van der Waals surface area contributed by atoms with Crippen LogP contribution < -0.4 is 5.32 Å². The third-order valence-electron chi connectivity index (χ3n) is 3.03. The van der Waals surface area contributed by atoms with Crippen LogP contribution in [0.2, 0.25) is 0 Å². The summed E-state index contributed by atoms with van der Waals surface area (Å²) >= 11 is 1.38. The highest BCUT2D eigenvalue weighted by molar-refractivity contribution is 8.04. The Balaban J connectivity index is 2.14. The molecule has 1 heterocycles. The molecule has 0 unspecified atom stereocenters. The normalized spacial score (nSPS) is 17.1. The van der Waals surface area contributed by atoms with Gasteiger partial charge >= 0.3 is 0 Å². The van der Waals surface area contributed by atoms with Crippen molar-refractivity contribution in [2.45, 2.75) is 13.8 Å². The number of nitrogens with zero attached hydrogens (tertiary/aromatic N) is 1. The molecule has 4 nitrogen and oxygen atoms in total. The second-order valence-electron chi connectivity index (χ2n) is 4.48. The summed E-state index contributed by atoms with van der Waals surface area (Å²) < 4.78 is 0. The first-order valence-electron chi connectivity index (χ1n) is 5.97. The van der Waals surface area contributed by atoms with Gasteiger partial charge in [-0.25, -0.2) is 0 Å². The Bertz CT molecular complexity index is 546. The Hall–Kier alpha value is -1.75. The van der Waals surface area contributed by atoms with Gasteiger partial charge in [0.25, 0.3) is 5.91 Å². The first-order chi connectivity index (χ1) is 8.99. The summed E-state index contributed by atoms with van der Waals surface area (Å²) in [5.74, 6) is 0.219. The number of anilines is 1. The average molecular weight is 276 g/mol. The van der Waals surface area contributed by atoms with E-state index in [0.29, 0.717) is 10.8 Å². The number of amides is 2. The maximum Gasteiger partial charge on any atom is 0.251 e. The van der Waals surface area contributed by atoms with Crippen LogP contribution in [0.4, 0.5) is 5.69 Å². The lowest BCUT2D eigenvalue weighted by molar-refractivity contribution is -0.124. The molecule has 5 heteroatoms. The van der Waals surface area contributed by atoms with Crippen LogP contribution in [-0.2, 0) is 9.59 Å². The third kappa shape index (κ3) is 2.98. The SMILES string of the molecule is Cc1cccc(C)c1NC(=O)/C=C1/SCC(=O)N1C. The van der Waals surface area contributed by atoms with Crippen molar-refractivity contribution in [2.75, 3.05) is 18.1 Å². The zero-order chi connectivity index (χ0) is 14.0. The minimum absolute atomic E-state index is 0.0242. The maximum absolute atomic E-state index is 12.0. The lowest BCUT2D eigenvalue weighted by atomic mass is 10.1. The van der Waals surface area contributed by atoms with Crippen LogP contribution in [0.1, 0.15) is 11.1 Å². The van der Waals surface area contributed by atoms with Crippen molar-refractivity contribution in [2.24, 2.45) is 0 Å². The summed E-state index contributed by atoms with van der Waals surface area (Å²) in [5.41, 5.74) is 2.88. The molecule has 1 aliphatic rings. The Morgan fingerprint density at radius 2 is 2.00 bits per heavy atom. The Kier molecular flexibility index (Phi) is 3.95. The van der Waals surface area contributed by atoms with E-state index in [-0.39, 0.29) is 11.8 Å². The molecule has 1 aromatic carbocycles. The van der Waals surface area contributed by atoms with Gasteiger partial charge in [0.05, 0.1) is 10.8 Å². The molecule has 2 amide bonds. The summed E-state index contributed by atoms with van der Waals surface area (Å²) in [7, 11) is 1.68. The fraction of sp³-hybridized carbons (Fsp3) is 0.286. The largest absolute Gasteiger partial charge is 0.322 e. The number of carbonyl (C=O) groups is 2. The minimum Gasteiger partial charge on any atom is -0.322 e. The van der Waals surface area contributed by atoms with Crippen LogP contribution in [0.3, 0.4) is 0 Å². The first kappa shape index (κ1) is 13.7. The number of rotatable bonds is 2. The predicted molar refractivity (Wildman–Crippen MR) is 77.9 cm³/mol. The molecule has 1 aliphatic heterocycles. The Morgan fingerprint density at radius 1 is 1.37 bits per heavy atom. The molecule has 0 aromatic heterocycles. The third-order valence-corrected chi connectivity index (χ3v) is 4.11. The molecule has 1 fully saturated rings. The number of benzene rings is 1. The van der Waals surface area contributed by atoms with Crippen LogP contribution in [0.25, 0.3) is 0 Å². The molecular weight excluding hydrogens is 260 g/mol. The van der Waals surface area contributed by atoms with Crippen molar-refractivity contribution in [3.05, 3.63) is 40.4 Å². The van der Waals surface area contributed by atoms with Crippen molar-refractivity contribution in [3.8, 4) is 0 Å². The van der Waals surface area contributed by atoms with Gasteiger partial charge in [0.1, 0.15) is 0 Å². The number of thioether (sulfide) groups is 1. The molecule has 100 valence electrons. The smallest absolute Gasteiger partial charge is 0.251 e. The van der Waals surface area contributed by atoms with E-state index in [1.54, 1.807) is 7.05 Å². The molecule has 0 aliphatic carbocycles. The summed E-state index contributed by atoms with van der Waals surface area (Å²) in [4.78, 5) is 24.9. The van der Waals surface area contributed by atoms with Gasteiger partial charge in [-0.2, -0.15) is 0 Å². The van der Waals surface area contributed by atoms with Crippen molar-refractivity contribution >= 4 is 29.3 Å². The van der Waals surface area contributed by atoms with Gasteiger partial charge in [0.15, 0.2) is 0 Å². The quantitative estimate of drug-likeness (QED) is 0.843. The second-order valence-corrected chi connectivity index (χ2v) is 5.48. The fourth-order valence-electron chi connectivity index (χ4n) is 1.87. The number of carbonyl (C=O) groups excluding carboxylic acids is 2. The molecule has 0 saturated carbocycles. The van der Waals surface area contributed by atoms with Crippen molar-refractivity contribution < 1.29 is 9.59 Å². The lowest BCUT2D eigenvalue weighted by Crippen LogP contribution is -2.20. The van der Waals surface area contributed by atoms with E-state index in [9.17, 15) is 9.59 Å².